The topological polar surface area (TPSA) is 63.2 Å². The van der Waals surface area contributed by atoms with Crippen molar-refractivity contribution < 1.29 is 13.2 Å². The van der Waals surface area contributed by atoms with E-state index in [-0.39, 0.29) is 11.2 Å². The SMILES string of the molecule is C/C=C(\C)C(=O)NS(=O)(=O)CC(C)(C)C. The Hall–Kier alpha value is -0.840. The Morgan fingerprint density at radius 1 is 1.33 bits per heavy atom. The van der Waals surface area contributed by atoms with Gasteiger partial charge in [0.15, 0.2) is 0 Å². The molecule has 1 N–H and O–H groups in total. The van der Waals surface area contributed by atoms with Crippen molar-refractivity contribution in [2.45, 2.75) is 34.6 Å². The molecule has 15 heavy (non-hydrogen) atoms. The third-order valence-corrected chi connectivity index (χ3v) is 3.40. The number of hydrogen-bond donors (Lipinski definition) is 1. The third kappa shape index (κ3) is 6.28. The fourth-order valence-corrected chi connectivity index (χ4v) is 2.61. The summed E-state index contributed by atoms with van der Waals surface area (Å²) in [6.45, 7) is 8.67. The van der Waals surface area contributed by atoms with E-state index in [1.54, 1.807) is 40.7 Å². The third-order valence-electron chi connectivity index (χ3n) is 1.66. The van der Waals surface area contributed by atoms with Crippen LogP contribution in [0.4, 0.5) is 0 Å². The summed E-state index contributed by atoms with van der Waals surface area (Å²) < 4.78 is 25.1. The van der Waals surface area contributed by atoms with Crippen molar-refractivity contribution in [1.29, 1.82) is 0 Å². The summed E-state index contributed by atoms with van der Waals surface area (Å²) in [4.78, 5) is 11.3. The zero-order valence-electron chi connectivity index (χ0n) is 9.92. The lowest BCUT2D eigenvalue weighted by atomic mass is 10.0. The van der Waals surface area contributed by atoms with Gasteiger partial charge in [-0.05, 0) is 19.3 Å². The first kappa shape index (κ1) is 14.2. The molecule has 0 spiro atoms. The maximum absolute atomic E-state index is 11.5. The molecule has 0 saturated heterocycles. The minimum absolute atomic E-state index is 0.0667. The molecule has 0 unspecified atom stereocenters. The van der Waals surface area contributed by atoms with E-state index in [1.165, 1.54) is 0 Å². The van der Waals surface area contributed by atoms with Crippen LogP contribution in [-0.2, 0) is 14.8 Å². The molecular formula is C10H19NO3S. The number of sulfonamides is 1. The largest absolute Gasteiger partial charge is 0.269 e. The van der Waals surface area contributed by atoms with Gasteiger partial charge in [0.25, 0.3) is 5.91 Å². The Balaban J connectivity index is 4.61. The number of carbonyl (C=O) groups excluding carboxylic acids is 1. The second-order valence-corrected chi connectivity index (χ2v) is 6.44. The van der Waals surface area contributed by atoms with Gasteiger partial charge < -0.3 is 0 Å². The lowest BCUT2D eigenvalue weighted by molar-refractivity contribution is -0.115. The minimum atomic E-state index is -3.53. The zero-order valence-corrected chi connectivity index (χ0v) is 10.7. The molecule has 0 atom stereocenters. The predicted molar refractivity (Wildman–Crippen MR) is 60.8 cm³/mol. The van der Waals surface area contributed by atoms with Crippen LogP contribution in [0.5, 0.6) is 0 Å². The molecule has 0 heterocycles. The van der Waals surface area contributed by atoms with Crippen LogP contribution in [0.2, 0.25) is 0 Å². The molecule has 0 aliphatic heterocycles. The van der Waals surface area contributed by atoms with E-state index in [9.17, 15) is 13.2 Å². The molecule has 0 fully saturated rings. The summed E-state index contributed by atoms with van der Waals surface area (Å²) in [6, 6.07) is 0. The summed E-state index contributed by atoms with van der Waals surface area (Å²) in [7, 11) is -3.53. The Kier molecular flexibility index (Phi) is 4.52. The van der Waals surface area contributed by atoms with E-state index in [0.29, 0.717) is 5.57 Å². The summed E-state index contributed by atoms with van der Waals surface area (Å²) in [5.41, 5.74) is 0.0307. The Morgan fingerprint density at radius 2 is 1.80 bits per heavy atom. The van der Waals surface area contributed by atoms with Gasteiger partial charge in [-0.1, -0.05) is 26.8 Å². The molecule has 0 aliphatic carbocycles. The molecule has 0 aromatic rings. The molecule has 0 aromatic carbocycles. The highest BCUT2D eigenvalue weighted by molar-refractivity contribution is 7.90. The van der Waals surface area contributed by atoms with Crippen LogP contribution in [0.1, 0.15) is 34.6 Å². The van der Waals surface area contributed by atoms with Crippen LogP contribution in [-0.4, -0.2) is 20.1 Å². The fraction of sp³-hybridized carbons (Fsp3) is 0.700. The maximum Gasteiger partial charge on any atom is 0.260 e. The smallest absolute Gasteiger partial charge is 0.260 e. The van der Waals surface area contributed by atoms with Gasteiger partial charge in [-0.25, -0.2) is 13.1 Å². The second-order valence-electron chi connectivity index (χ2n) is 4.72. The van der Waals surface area contributed by atoms with E-state index < -0.39 is 15.9 Å². The normalized spacial score (nSPS) is 13.8. The average molecular weight is 233 g/mol. The van der Waals surface area contributed by atoms with E-state index in [0.717, 1.165) is 0 Å². The predicted octanol–water partition coefficient (Wildman–Crippen LogP) is 1.44. The first-order valence-electron chi connectivity index (χ1n) is 4.75. The molecule has 88 valence electrons. The van der Waals surface area contributed by atoms with E-state index in [1.807, 2.05) is 4.72 Å². The summed E-state index contributed by atoms with van der Waals surface area (Å²) >= 11 is 0. The van der Waals surface area contributed by atoms with Crippen molar-refractivity contribution in [1.82, 2.24) is 4.72 Å². The number of rotatable bonds is 3. The molecule has 0 rings (SSSR count). The second kappa shape index (κ2) is 4.79. The maximum atomic E-state index is 11.5. The van der Waals surface area contributed by atoms with Crippen LogP contribution < -0.4 is 4.72 Å². The van der Waals surface area contributed by atoms with E-state index >= 15 is 0 Å². The van der Waals surface area contributed by atoms with Gasteiger partial charge in [0.1, 0.15) is 0 Å². The van der Waals surface area contributed by atoms with Gasteiger partial charge >= 0.3 is 0 Å². The highest BCUT2D eigenvalue weighted by Crippen LogP contribution is 2.15. The number of allylic oxidation sites excluding steroid dienone is 1. The highest BCUT2D eigenvalue weighted by Gasteiger charge is 2.23. The van der Waals surface area contributed by atoms with Gasteiger partial charge in [-0.15, -0.1) is 0 Å². The van der Waals surface area contributed by atoms with Crippen molar-refractivity contribution in [3.05, 3.63) is 11.6 Å². The summed E-state index contributed by atoms with van der Waals surface area (Å²) in [5.74, 6) is -0.621. The lowest BCUT2D eigenvalue weighted by Crippen LogP contribution is -2.36. The van der Waals surface area contributed by atoms with Crippen LogP contribution in [0, 0.1) is 5.41 Å². The first-order valence-corrected chi connectivity index (χ1v) is 6.40. The first-order chi connectivity index (χ1) is 6.57. The number of carbonyl (C=O) groups is 1. The van der Waals surface area contributed by atoms with Crippen LogP contribution >= 0.6 is 0 Å². The quantitative estimate of drug-likeness (QED) is 0.750. The monoisotopic (exact) mass is 233 g/mol. The van der Waals surface area contributed by atoms with Gasteiger partial charge in [-0.2, -0.15) is 0 Å². The van der Waals surface area contributed by atoms with Crippen LogP contribution in [0.25, 0.3) is 0 Å². The molecule has 0 saturated carbocycles. The van der Waals surface area contributed by atoms with E-state index in [2.05, 4.69) is 0 Å². The number of amides is 1. The molecule has 4 nitrogen and oxygen atoms in total. The standard InChI is InChI=1S/C10H19NO3S/c1-6-8(2)9(12)11-15(13,14)7-10(3,4)5/h6H,7H2,1-5H3,(H,11,12)/b8-6+. The molecule has 5 heteroatoms. The molecule has 0 aromatic heterocycles. The van der Waals surface area contributed by atoms with Gasteiger partial charge in [0, 0.05) is 5.57 Å². The molecule has 0 radical (unpaired) electrons. The fourth-order valence-electron chi connectivity index (χ4n) is 0.959. The van der Waals surface area contributed by atoms with E-state index in [4.69, 9.17) is 0 Å². The average Bonchev–Trinajstić information content (AvgIpc) is 1.96. The van der Waals surface area contributed by atoms with Crippen molar-refractivity contribution in [3.63, 3.8) is 0 Å². The number of hydrogen-bond acceptors (Lipinski definition) is 3. The Morgan fingerprint density at radius 3 is 2.13 bits per heavy atom. The van der Waals surface area contributed by atoms with Crippen molar-refractivity contribution >= 4 is 15.9 Å². The van der Waals surface area contributed by atoms with Crippen molar-refractivity contribution in [2.75, 3.05) is 5.75 Å². The van der Waals surface area contributed by atoms with Crippen molar-refractivity contribution in [3.8, 4) is 0 Å². The number of nitrogens with one attached hydrogen (secondary N) is 1. The zero-order chi connectivity index (χ0) is 12.3. The van der Waals surface area contributed by atoms with Gasteiger partial charge in [0.05, 0.1) is 5.75 Å². The highest BCUT2D eigenvalue weighted by atomic mass is 32.2. The van der Waals surface area contributed by atoms with Gasteiger partial charge in [-0.3, -0.25) is 4.79 Å². The van der Waals surface area contributed by atoms with Crippen LogP contribution in [0.3, 0.4) is 0 Å². The molecule has 1 amide bonds. The van der Waals surface area contributed by atoms with Crippen molar-refractivity contribution in [2.24, 2.45) is 5.41 Å². The molecular weight excluding hydrogens is 214 g/mol. The molecule has 0 aliphatic rings. The lowest BCUT2D eigenvalue weighted by Gasteiger charge is -2.18. The van der Waals surface area contributed by atoms with Crippen LogP contribution in [0.15, 0.2) is 11.6 Å². The minimum Gasteiger partial charge on any atom is -0.269 e. The summed E-state index contributed by atoms with van der Waals surface area (Å²) in [5, 5.41) is 0. The Bertz CT molecular complexity index is 361. The Labute approximate surface area is 91.8 Å². The molecule has 0 bridgehead atoms. The van der Waals surface area contributed by atoms with Gasteiger partial charge in [0.2, 0.25) is 10.0 Å². The summed E-state index contributed by atoms with van der Waals surface area (Å²) in [6.07, 6.45) is 1.57.